The molecule has 0 aliphatic rings. The number of rotatable bonds is 4. The molecule has 2 rings (SSSR count). The third kappa shape index (κ3) is 3.12. The highest BCUT2D eigenvalue weighted by Gasteiger charge is 2.18. The van der Waals surface area contributed by atoms with E-state index in [9.17, 15) is 12.8 Å². The molecule has 1 aromatic heterocycles. The van der Waals surface area contributed by atoms with Crippen LogP contribution < -0.4 is 4.72 Å². The van der Waals surface area contributed by atoms with Crippen molar-refractivity contribution in [2.24, 2.45) is 0 Å². The quantitative estimate of drug-likeness (QED) is 0.907. The van der Waals surface area contributed by atoms with Gasteiger partial charge in [-0.15, -0.1) is 0 Å². The molecule has 0 bridgehead atoms. The lowest BCUT2D eigenvalue weighted by Crippen LogP contribution is -2.23. The molecule has 5 nitrogen and oxygen atoms in total. The molecule has 1 aromatic carbocycles. The molecule has 0 saturated carbocycles. The van der Waals surface area contributed by atoms with E-state index in [0.717, 1.165) is 29.5 Å². The average Bonchev–Trinajstić information content (AvgIpc) is 2.72. The first kappa shape index (κ1) is 14.0. The monoisotopic (exact) mass is 303 g/mol. The normalized spacial score (nSPS) is 11.7. The first-order chi connectivity index (χ1) is 8.90. The lowest BCUT2D eigenvalue weighted by atomic mass is 10.3. The van der Waals surface area contributed by atoms with Gasteiger partial charge in [-0.2, -0.15) is 5.10 Å². The zero-order valence-electron chi connectivity index (χ0n) is 9.94. The molecule has 102 valence electrons. The summed E-state index contributed by atoms with van der Waals surface area (Å²) in [7, 11) is -3.79. The number of halogens is 2. The molecule has 0 amide bonds. The van der Waals surface area contributed by atoms with Crippen LogP contribution in [-0.4, -0.2) is 18.6 Å². The molecule has 0 atom stereocenters. The van der Waals surface area contributed by atoms with Crippen molar-refractivity contribution in [3.63, 3.8) is 0 Å². The van der Waals surface area contributed by atoms with Gasteiger partial charge in [0.2, 0.25) is 10.0 Å². The van der Waals surface area contributed by atoms with Crippen LogP contribution in [-0.2, 0) is 16.6 Å². The van der Waals surface area contributed by atoms with Gasteiger partial charge in [-0.25, -0.2) is 17.5 Å². The van der Waals surface area contributed by atoms with E-state index in [1.807, 2.05) is 0 Å². The second kappa shape index (κ2) is 5.28. The van der Waals surface area contributed by atoms with Crippen LogP contribution in [0.2, 0.25) is 5.02 Å². The molecule has 0 unspecified atom stereocenters. The van der Waals surface area contributed by atoms with Gasteiger partial charge in [0.15, 0.2) is 0 Å². The van der Waals surface area contributed by atoms with Gasteiger partial charge in [-0.1, -0.05) is 11.6 Å². The number of aryl methyl sites for hydroxylation is 1. The Morgan fingerprint density at radius 3 is 2.79 bits per heavy atom. The highest BCUT2D eigenvalue weighted by Crippen LogP contribution is 2.22. The Morgan fingerprint density at radius 2 is 2.21 bits per heavy atom. The van der Waals surface area contributed by atoms with Gasteiger partial charge in [0.05, 0.1) is 11.2 Å². The number of nitrogens with zero attached hydrogens (tertiary/aromatic N) is 1. The van der Waals surface area contributed by atoms with Crippen LogP contribution in [0.3, 0.4) is 0 Å². The van der Waals surface area contributed by atoms with Gasteiger partial charge in [0.1, 0.15) is 10.7 Å². The van der Waals surface area contributed by atoms with Crippen LogP contribution in [0.1, 0.15) is 11.3 Å². The number of aromatic nitrogens is 2. The van der Waals surface area contributed by atoms with Crippen molar-refractivity contribution < 1.29 is 12.8 Å². The predicted octanol–water partition coefficient (Wildman–Crippen LogP) is 1.99. The molecule has 0 saturated heterocycles. The van der Waals surface area contributed by atoms with Crippen molar-refractivity contribution in [1.29, 1.82) is 0 Å². The molecule has 0 radical (unpaired) electrons. The van der Waals surface area contributed by atoms with Crippen LogP contribution in [0.5, 0.6) is 0 Å². The van der Waals surface area contributed by atoms with E-state index in [1.54, 1.807) is 6.92 Å². The van der Waals surface area contributed by atoms with Gasteiger partial charge in [0, 0.05) is 17.8 Å². The highest BCUT2D eigenvalue weighted by atomic mass is 35.5. The van der Waals surface area contributed by atoms with E-state index in [-0.39, 0.29) is 16.5 Å². The largest absolute Gasteiger partial charge is 0.283 e. The highest BCUT2D eigenvalue weighted by molar-refractivity contribution is 7.89. The Labute approximate surface area is 114 Å². The Hall–Kier alpha value is -1.44. The molecule has 2 N–H and O–H groups in total. The lowest BCUT2D eigenvalue weighted by Gasteiger charge is -2.08. The van der Waals surface area contributed by atoms with E-state index in [4.69, 9.17) is 11.6 Å². The van der Waals surface area contributed by atoms with E-state index < -0.39 is 15.8 Å². The van der Waals surface area contributed by atoms with Crippen LogP contribution in [0, 0.1) is 12.7 Å². The molecule has 2 aromatic rings. The number of nitrogens with one attached hydrogen (secondary N) is 2. The summed E-state index contributed by atoms with van der Waals surface area (Å²) in [5.41, 5.74) is 1.50. The Kier molecular flexibility index (Phi) is 3.88. The first-order valence-electron chi connectivity index (χ1n) is 5.34. The van der Waals surface area contributed by atoms with Gasteiger partial charge in [-0.3, -0.25) is 5.10 Å². The second-order valence-corrected chi connectivity index (χ2v) is 6.06. The molecule has 8 heteroatoms. The molecular weight excluding hydrogens is 293 g/mol. The molecule has 0 fully saturated rings. The van der Waals surface area contributed by atoms with Crippen LogP contribution >= 0.6 is 11.6 Å². The van der Waals surface area contributed by atoms with Crippen LogP contribution in [0.4, 0.5) is 4.39 Å². The van der Waals surface area contributed by atoms with E-state index in [2.05, 4.69) is 14.9 Å². The smallest absolute Gasteiger partial charge is 0.242 e. The second-order valence-electron chi connectivity index (χ2n) is 3.92. The fourth-order valence-corrected chi connectivity index (χ4v) is 3.03. The Morgan fingerprint density at radius 1 is 1.47 bits per heavy atom. The fourth-order valence-electron chi connectivity index (χ4n) is 1.50. The van der Waals surface area contributed by atoms with E-state index in [0.29, 0.717) is 0 Å². The standard InChI is InChI=1S/C11H11ClFN3O2S/c1-7-8(5-14-16-7)6-15-19(17,18)11-3-2-9(13)4-10(11)12/h2-5,15H,6H2,1H3,(H,14,16). The van der Waals surface area contributed by atoms with Gasteiger partial charge >= 0.3 is 0 Å². The summed E-state index contributed by atoms with van der Waals surface area (Å²) in [5, 5.41) is 6.34. The summed E-state index contributed by atoms with van der Waals surface area (Å²) < 4.78 is 39.3. The van der Waals surface area contributed by atoms with Gasteiger partial charge in [-0.05, 0) is 25.1 Å². The van der Waals surface area contributed by atoms with Crippen LogP contribution in [0.15, 0.2) is 29.3 Å². The predicted molar refractivity (Wildman–Crippen MR) is 68.8 cm³/mol. The zero-order valence-corrected chi connectivity index (χ0v) is 11.5. The Balaban J connectivity index is 2.21. The fraction of sp³-hybridized carbons (Fsp3) is 0.182. The number of hydrogen-bond acceptors (Lipinski definition) is 3. The number of H-pyrrole nitrogens is 1. The van der Waals surface area contributed by atoms with Crippen molar-refractivity contribution in [3.8, 4) is 0 Å². The van der Waals surface area contributed by atoms with Crippen molar-refractivity contribution >= 4 is 21.6 Å². The number of benzene rings is 1. The number of sulfonamides is 1. The molecule has 0 spiro atoms. The van der Waals surface area contributed by atoms with Crippen molar-refractivity contribution in [2.75, 3.05) is 0 Å². The summed E-state index contributed by atoms with van der Waals surface area (Å²) in [6.45, 7) is 1.86. The van der Waals surface area contributed by atoms with Crippen molar-refractivity contribution in [3.05, 3.63) is 46.5 Å². The maximum Gasteiger partial charge on any atom is 0.242 e. The maximum atomic E-state index is 12.9. The van der Waals surface area contributed by atoms with Crippen molar-refractivity contribution in [2.45, 2.75) is 18.4 Å². The molecule has 19 heavy (non-hydrogen) atoms. The molecule has 1 heterocycles. The summed E-state index contributed by atoms with van der Waals surface area (Å²) in [4.78, 5) is -0.156. The van der Waals surface area contributed by atoms with Crippen LogP contribution in [0.25, 0.3) is 0 Å². The minimum absolute atomic E-state index is 0.0817. The summed E-state index contributed by atoms with van der Waals surface area (Å²) in [5.74, 6) is -0.588. The van der Waals surface area contributed by atoms with Gasteiger partial charge in [0.25, 0.3) is 0 Å². The van der Waals surface area contributed by atoms with Crippen molar-refractivity contribution in [1.82, 2.24) is 14.9 Å². The maximum absolute atomic E-state index is 12.9. The number of hydrogen-bond donors (Lipinski definition) is 2. The zero-order chi connectivity index (χ0) is 14.0. The molecular formula is C11H11ClFN3O2S. The Bertz CT molecular complexity index is 700. The third-order valence-corrected chi connectivity index (χ3v) is 4.45. The minimum atomic E-state index is -3.79. The topological polar surface area (TPSA) is 74.8 Å². The average molecular weight is 304 g/mol. The lowest BCUT2D eigenvalue weighted by molar-refractivity contribution is 0.580. The third-order valence-electron chi connectivity index (χ3n) is 2.57. The molecule has 0 aliphatic heterocycles. The summed E-state index contributed by atoms with van der Waals surface area (Å²) >= 11 is 5.73. The number of aromatic amines is 1. The summed E-state index contributed by atoms with van der Waals surface area (Å²) in [6.07, 6.45) is 1.53. The van der Waals surface area contributed by atoms with E-state index >= 15 is 0 Å². The van der Waals surface area contributed by atoms with E-state index in [1.165, 1.54) is 6.20 Å². The minimum Gasteiger partial charge on any atom is -0.283 e. The summed E-state index contributed by atoms with van der Waals surface area (Å²) in [6, 6.07) is 3.13. The SMILES string of the molecule is Cc1[nH]ncc1CNS(=O)(=O)c1ccc(F)cc1Cl. The first-order valence-corrected chi connectivity index (χ1v) is 7.20. The molecule has 0 aliphatic carbocycles. The van der Waals surface area contributed by atoms with Gasteiger partial charge < -0.3 is 0 Å².